The first-order valence-corrected chi connectivity index (χ1v) is 9.59. The SMILES string of the molecule is Cc1nc(Nc2ccc(F)cc2)sc1C(=O)N[C@H](C)c1cccc(Br)c1. The predicted molar refractivity (Wildman–Crippen MR) is 107 cm³/mol. The van der Waals surface area contributed by atoms with Gasteiger partial charge >= 0.3 is 0 Å². The minimum absolute atomic E-state index is 0.130. The summed E-state index contributed by atoms with van der Waals surface area (Å²) in [4.78, 5) is 17.6. The number of nitrogens with zero attached hydrogens (tertiary/aromatic N) is 1. The van der Waals surface area contributed by atoms with Gasteiger partial charge in [0, 0.05) is 10.2 Å². The summed E-state index contributed by atoms with van der Waals surface area (Å²) in [6.07, 6.45) is 0. The second-order valence-corrected chi connectivity index (χ2v) is 7.73. The van der Waals surface area contributed by atoms with Crippen molar-refractivity contribution in [1.29, 1.82) is 0 Å². The Balaban J connectivity index is 1.71. The Kier molecular flexibility index (Phi) is 5.68. The number of anilines is 2. The molecule has 4 nitrogen and oxygen atoms in total. The van der Waals surface area contributed by atoms with Crippen LogP contribution in [0.1, 0.15) is 33.9 Å². The van der Waals surface area contributed by atoms with Crippen LogP contribution in [-0.2, 0) is 0 Å². The maximum Gasteiger partial charge on any atom is 0.263 e. The third kappa shape index (κ3) is 4.47. The average Bonchev–Trinajstić information content (AvgIpc) is 2.97. The molecule has 0 aliphatic heterocycles. The molecule has 2 aromatic carbocycles. The van der Waals surface area contributed by atoms with Crippen molar-refractivity contribution in [2.75, 3.05) is 5.32 Å². The van der Waals surface area contributed by atoms with Gasteiger partial charge in [-0.05, 0) is 55.8 Å². The van der Waals surface area contributed by atoms with Crippen molar-refractivity contribution in [3.8, 4) is 0 Å². The molecule has 0 saturated heterocycles. The number of aromatic nitrogens is 1. The first-order chi connectivity index (χ1) is 12.4. The maximum atomic E-state index is 13.0. The van der Waals surface area contributed by atoms with Gasteiger partial charge in [0.25, 0.3) is 5.91 Å². The molecule has 3 aromatic rings. The normalized spacial score (nSPS) is 11.8. The summed E-state index contributed by atoms with van der Waals surface area (Å²) in [5.74, 6) is -0.466. The highest BCUT2D eigenvalue weighted by Crippen LogP contribution is 2.27. The minimum Gasteiger partial charge on any atom is -0.345 e. The molecule has 0 saturated carbocycles. The van der Waals surface area contributed by atoms with Gasteiger partial charge in [-0.3, -0.25) is 4.79 Å². The van der Waals surface area contributed by atoms with Gasteiger partial charge in [-0.25, -0.2) is 9.37 Å². The zero-order valence-corrected chi connectivity index (χ0v) is 16.6. The quantitative estimate of drug-likeness (QED) is 0.551. The molecule has 0 aliphatic rings. The van der Waals surface area contributed by atoms with Crippen LogP contribution in [0.15, 0.2) is 53.0 Å². The highest BCUT2D eigenvalue weighted by Gasteiger charge is 2.18. The molecule has 134 valence electrons. The van der Waals surface area contributed by atoms with Crippen LogP contribution in [0.4, 0.5) is 15.2 Å². The van der Waals surface area contributed by atoms with Crippen LogP contribution in [0.25, 0.3) is 0 Å². The number of thiazole rings is 1. The van der Waals surface area contributed by atoms with Crippen molar-refractivity contribution in [3.63, 3.8) is 0 Å². The number of carbonyl (C=O) groups excluding carboxylic acids is 1. The lowest BCUT2D eigenvalue weighted by Gasteiger charge is -2.14. The number of hydrogen-bond acceptors (Lipinski definition) is 4. The number of halogens is 2. The van der Waals surface area contributed by atoms with E-state index < -0.39 is 0 Å². The smallest absolute Gasteiger partial charge is 0.263 e. The van der Waals surface area contributed by atoms with Gasteiger partial charge in [0.1, 0.15) is 10.7 Å². The third-order valence-corrected chi connectivity index (χ3v) is 5.36. The minimum atomic E-state index is -0.299. The molecule has 0 spiro atoms. The Bertz CT molecular complexity index is 927. The van der Waals surface area contributed by atoms with Crippen LogP contribution in [0.3, 0.4) is 0 Å². The van der Waals surface area contributed by atoms with Gasteiger partial charge in [0.2, 0.25) is 0 Å². The number of nitrogens with one attached hydrogen (secondary N) is 2. The van der Waals surface area contributed by atoms with Crippen LogP contribution >= 0.6 is 27.3 Å². The molecule has 0 bridgehead atoms. The van der Waals surface area contributed by atoms with Crippen molar-refractivity contribution in [2.45, 2.75) is 19.9 Å². The van der Waals surface area contributed by atoms with Crippen LogP contribution < -0.4 is 10.6 Å². The van der Waals surface area contributed by atoms with E-state index in [0.29, 0.717) is 15.7 Å². The molecule has 0 fully saturated rings. The van der Waals surface area contributed by atoms with E-state index in [9.17, 15) is 9.18 Å². The van der Waals surface area contributed by atoms with Gasteiger partial charge in [0.05, 0.1) is 11.7 Å². The van der Waals surface area contributed by atoms with E-state index in [2.05, 4.69) is 31.5 Å². The van der Waals surface area contributed by atoms with E-state index in [4.69, 9.17) is 0 Å². The van der Waals surface area contributed by atoms with Crippen molar-refractivity contribution >= 4 is 44.0 Å². The molecule has 1 atom stereocenters. The molecule has 1 heterocycles. The number of rotatable bonds is 5. The van der Waals surface area contributed by atoms with E-state index in [0.717, 1.165) is 15.7 Å². The molecular formula is C19H17BrFN3OS. The lowest BCUT2D eigenvalue weighted by atomic mass is 10.1. The Hall–Kier alpha value is -2.25. The fourth-order valence-electron chi connectivity index (χ4n) is 2.44. The van der Waals surface area contributed by atoms with Crippen LogP contribution in [0.2, 0.25) is 0 Å². The van der Waals surface area contributed by atoms with E-state index in [-0.39, 0.29) is 17.8 Å². The standard InChI is InChI=1S/C19H17BrFN3OS/c1-11(13-4-3-5-14(20)10-13)22-18(25)17-12(2)23-19(26-17)24-16-8-6-15(21)7-9-16/h3-11H,1-2H3,(H,22,25)(H,23,24)/t11-/m1/s1. The maximum absolute atomic E-state index is 13.0. The number of amides is 1. The molecule has 26 heavy (non-hydrogen) atoms. The first kappa shape index (κ1) is 18.5. The Morgan fingerprint density at radius 3 is 2.65 bits per heavy atom. The second-order valence-electron chi connectivity index (χ2n) is 5.82. The Labute approximate surface area is 163 Å². The first-order valence-electron chi connectivity index (χ1n) is 7.98. The van der Waals surface area contributed by atoms with Crippen molar-refractivity contribution < 1.29 is 9.18 Å². The zero-order chi connectivity index (χ0) is 18.7. The summed E-state index contributed by atoms with van der Waals surface area (Å²) in [7, 11) is 0. The topological polar surface area (TPSA) is 54.0 Å². The number of benzene rings is 2. The number of hydrogen-bond donors (Lipinski definition) is 2. The van der Waals surface area contributed by atoms with Gasteiger partial charge in [0.15, 0.2) is 5.13 Å². The third-order valence-electron chi connectivity index (χ3n) is 3.79. The highest BCUT2D eigenvalue weighted by molar-refractivity contribution is 9.10. The molecule has 3 rings (SSSR count). The second kappa shape index (κ2) is 7.97. The van der Waals surface area contributed by atoms with Crippen molar-refractivity contribution in [3.05, 3.63) is 75.0 Å². The monoisotopic (exact) mass is 433 g/mol. The molecule has 0 aliphatic carbocycles. The van der Waals surface area contributed by atoms with Crippen LogP contribution in [0, 0.1) is 12.7 Å². The lowest BCUT2D eigenvalue weighted by molar-refractivity contribution is 0.0943. The fourth-order valence-corrected chi connectivity index (χ4v) is 3.75. The summed E-state index contributed by atoms with van der Waals surface area (Å²) in [6, 6.07) is 13.7. The summed E-state index contributed by atoms with van der Waals surface area (Å²) in [5.41, 5.74) is 2.38. The van der Waals surface area contributed by atoms with E-state index in [1.165, 1.54) is 23.5 Å². The van der Waals surface area contributed by atoms with E-state index in [1.54, 1.807) is 19.1 Å². The van der Waals surface area contributed by atoms with E-state index in [1.807, 2.05) is 31.2 Å². The Morgan fingerprint density at radius 1 is 1.23 bits per heavy atom. The predicted octanol–water partition coefficient (Wildman–Crippen LogP) is 5.59. The van der Waals surface area contributed by atoms with Crippen molar-refractivity contribution in [2.24, 2.45) is 0 Å². The van der Waals surface area contributed by atoms with Gasteiger partial charge in [-0.1, -0.05) is 39.4 Å². The molecule has 1 amide bonds. The van der Waals surface area contributed by atoms with Crippen LogP contribution in [0.5, 0.6) is 0 Å². The van der Waals surface area contributed by atoms with Gasteiger partial charge in [-0.15, -0.1) is 0 Å². The van der Waals surface area contributed by atoms with Gasteiger partial charge < -0.3 is 10.6 Å². The summed E-state index contributed by atoms with van der Waals surface area (Å²) < 4.78 is 14.0. The van der Waals surface area contributed by atoms with E-state index >= 15 is 0 Å². The summed E-state index contributed by atoms with van der Waals surface area (Å²) in [5, 5.41) is 6.68. The largest absolute Gasteiger partial charge is 0.345 e. The Morgan fingerprint density at radius 2 is 1.96 bits per heavy atom. The zero-order valence-electron chi connectivity index (χ0n) is 14.2. The van der Waals surface area contributed by atoms with Crippen LogP contribution in [-0.4, -0.2) is 10.9 Å². The highest BCUT2D eigenvalue weighted by atomic mass is 79.9. The molecule has 7 heteroatoms. The van der Waals surface area contributed by atoms with Crippen molar-refractivity contribution in [1.82, 2.24) is 10.3 Å². The summed E-state index contributed by atoms with van der Waals surface area (Å²) >= 11 is 4.71. The average molecular weight is 434 g/mol. The molecule has 0 radical (unpaired) electrons. The number of carbonyl (C=O) groups is 1. The summed E-state index contributed by atoms with van der Waals surface area (Å²) in [6.45, 7) is 3.73. The molecular weight excluding hydrogens is 417 g/mol. The molecule has 1 aromatic heterocycles. The number of aryl methyl sites for hydroxylation is 1. The van der Waals surface area contributed by atoms with Gasteiger partial charge in [-0.2, -0.15) is 0 Å². The molecule has 0 unspecified atom stereocenters. The fraction of sp³-hybridized carbons (Fsp3) is 0.158. The lowest BCUT2D eigenvalue weighted by Crippen LogP contribution is -2.26. The molecule has 2 N–H and O–H groups in total.